The minimum absolute atomic E-state index is 1.37. The van der Waals surface area contributed by atoms with E-state index in [1.807, 2.05) is 0 Å². The summed E-state index contributed by atoms with van der Waals surface area (Å²) in [4.78, 5) is 0. The fourth-order valence-electron chi connectivity index (χ4n) is 10.6. The Hall–Kier alpha value is 0. The Morgan fingerprint density at radius 2 is 0.127 bits per heavy atom. The van der Waals surface area contributed by atoms with Crippen molar-refractivity contribution in [1.29, 1.82) is 0 Å². The first-order valence-corrected chi connectivity index (χ1v) is 31.4. The smallest absolute Gasteiger partial charge is 0.0533 e. The maximum absolute atomic E-state index is 2.31. The summed E-state index contributed by atoms with van der Waals surface area (Å²) in [5.41, 5.74) is 0. The molecular formula is C63H128. The van der Waals surface area contributed by atoms with Crippen molar-refractivity contribution < 1.29 is 0 Å². The van der Waals surface area contributed by atoms with E-state index in [0.717, 1.165) is 0 Å². The molecule has 0 bridgehead atoms. The Morgan fingerprint density at radius 1 is 0.0794 bits per heavy atom. The van der Waals surface area contributed by atoms with Gasteiger partial charge in [-0.05, 0) is 0 Å². The molecule has 0 aromatic rings. The maximum atomic E-state index is 2.31. The number of rotatable bonds is 60. The van der Waals surface area contributed by atoms with Crippen molar-refractivity contribution in [3.63, 3.8) is 0 Å². The predicted octanol–water partition coefficient (Wildman–Crippen LogP) is 24.8. The molecule has 380 valence electrons. The molecule has 0 heterocycles. The zero-order valence-electron chi connectivity index (χ0n) is 45.1. The summed E-state index contributed by atoms with van der Waals surface area (Å²) in [5.74, 6) is 0. The summed E-state index contributed by atoms with van der Waals surface area (Å²) in [7, 11) is 0. The Balaban J connectivity index is 3.06. The van der Waals surface area contributed by atoms with Gasteiger partial charge in [0.1, 0.15) is 0 Å². The van der Waals surface area contributed by atoms with Gasteiger partial charge in [-0.25, -0.2) is 0 Å². The van der Waals surface area contributed by atoms with Crippen LogP contribution in [0.15, 0.2) is 0 Å². The van der Waals surface area contributed by atoms with Crippen LogP contribution in [0.25, 0.3) is 0 Å². The van der Waals surface area contributed by atoms with E-state index in [0.29, 0.717) is 0 Å². The van der Waals surface area contributed by atoms with E-state index >= 15 is 0 Å². The molecule has 0 radical (unpaired) electrons. The second-order valence-electron chi connectivity index (χ2n) is 21.9. The second-order valence-corrected chi connectivity index (χ2v) is 21.9. The molecule has 0 aliphatic carbocycles. The highest BCUT2D eigenvalue weighted by molar-refractivity contribution is 4.56. The molecule has 0 aromatic heterocycles. The van der Waals surface area contributed by atoms with Crippen molar-refractivity contribution in [2.24, 2.45) is 0 Å². The standard InChI is InChI=1S/C63H128/c1-3-5-7-9-11-13-15-17-19-21-23-25-27-29-31-33-35-37-39-41-43-45-47-49-51-53-55-57-59-61-63-62-60-58-56-54-52-50-48-46-44-42-40-38-36-34-32-30-28-26-24-22-20-18-16-14-12-10-8-6-4-2/h3-63H2,1-2H3. The minimum atomic E-state index is 1.37. The monoisotopic (exact) mass is 885 g/mol. The molecule has 0 aromatic carbocycles. The van der Waals surface area contributed by atoms with Gasteiger partial charge in [0.25, 0.3) is 0 Å². The topological polar surface area (TPSA) is 0 Å². The summed E-state index contributed by atoms with van der Waals surface area (Å²) in [5, 5.41) is 0. The van der Waals surface area contributed by atoms with Gasteiger partial charge < -0.3 is 0 Å². The second kappa shape index (κ2) is 62.0. The number of hydrogen-bond acceptors (Lipinski definition) is 0. The third-order valence-corrected chi connectivity index (χ3v) is 15.2. The third-order valence-electron chi connectivity index (χ3n) is 15.2. The van der Waals surface area contributed by atoms with Crippen molar-refractivity contribution in [3.05, 3.63) is 0 Å². The zero-order valence-corrected chi connectivity index (χ0v) is 45.1. The van der Waals surface area contributed by atoms with E-state index in [1.165, 1.54) is 392 Å². The molecule has 0 saturated carbocycles. The molecule has 0 rings (SSSR count). The highest BCUT2D eigenvalue weighted by Crippen LogP contribution is 2.20. The summed E-state index contributed by atoms with van der Waals surface area (Å²) in [6, 6.07) is 0. The fourth-order valence-corrected chi connectivity index (χ4v) is 10.6. The first kappa shape index (κ1) is 63.0. The number of hydrogen-bond donors (Lipinski definition) is 0. The third kappa shape index (κ3) is 62.0. The summed E-state index contributed by atoms with van der Waals surface area (Å²) in [6.45, 7) is 4.63. The quantitative estimate of drug-likeness (QED) is 0.0534. The summed E-state index contributed by atoms with van der Waals surface area (Å²) >= 11 is 0. The van der Waals surface area contributed by atoms with E-state index in [9.17, 15) is 0 Å². The molecule has 0 atom stereocenters. The molecular weight excluding hydrogens is 757 g/mol. The van der Waals surface area contributed by atoms with Crippen molar-refractivity contribution in [2.45, 2.75) is 406 Å². The van der Waals surface area contributed by atoms with Gasteiger partial charge in [0.2, 0.25) is 0 Å². The highest BCUT2D eigenvalue weighted by Gasteiger charge is 2.00. The molecule has 0 saturated heterocycles. The fraction of sp³-hybridized carbons (Fsp3) is 1.00. The van der Waals surface area contributed by atoms with Gasteiger partial charge in [0.05, 0.1) is 0 Å². The van der Waals surface area contributed by atoms with Crippen LogP contribution in [-0.2, 0) is 0 Å². The van der Waals surface area contributed by atoms with Gasteiger partial charge in [-0.3, -0.25) is 0 Å². The van der Waals surface area contributed by atoms with Gasteiger partial charge in [0.15, 0.2) is 0 Å². The lowest BCUT2D eigenvalue weighted by atomic mass is 10.0. The molecule has 63 heavy (non-hydrogen) atoms. The van der Waals surface area contributed by atoms with E-state index < -0.39 is 0 Å². The van der Waals surface area contributed by atoms with Crippen LogP contribution in [0.1, 0.15) is 406 Å². The van der Waals surface area contributed by atoms with E-state index in [1.54, 1.807) is 0 Å². The van der Waals surface area contributed by atoms with Crippen molar-refractivity contribution in [2.75, 3.05) is 0 Å². The summed E-state index contributed by atoms with van der Waals surface area (Å²) in [6.07, 6.45) is 90.9. The first-order chi connectivity index (χ1) is 31.4. The molecule has 0 aliphatic heterocycles. The molecule has 0 aliphatic rings. The molecule has 0 heteroatoms. The highest BCUT2D eigenvalue weighted by atomic mass is 14.1. The van der Waals surface area contributed by atoms with Crippen LogP contribution in [0.3, 0.4) is 0 Å². The van der Waals surface area contributed by atoms with Gasteiger partial charge in [-0.2, -0.15) is 0 Å². The van der Waals surface area contributed by atoms with Crippen molar-refractivity contribution in [3.8, 4) is 0 Å². The van der Waals surface area contributed by atoms with Crippen LogP contribution in [0.5, 0.6) is 0 Å². The van der Waals surface area contributed by atoms with Gasteiger partial charge in [-0.15, -0.1) is 0 Å². The maximum Gasteiger partial charge on any atom is -0.0533 e. The molecule has 0 nitrogen and oxygen atoms in total. The Morgan fingerprint density at radius 3 is 0.175 bits per heavy atom. The summed E-state index contributed by atoms with van der Waals surface area (Å²) < 4.78 is 0. The van der Waals surface area contributed by atoms with Crippen molar-refractivity contribution >= 4 is 0 Å². The number of unbranched alkanes of at least 4 members (excludes halogenated alkanes) is 60. The Bertz CT molecular complexity index is 664. The molecule has 0 unspecified atom stereocenters. The lowest BCUT2D eigenvalue weighted by Crippen LogP contribution is -1.85. The lowest BCUT2D eigenvalue weighted by molar-refractivity contribution is 0.506. The van der Waals surface area contributed by atoms with Crippen LogP contribution in [-0.4, -0.2) is 0 Å². The van der Waals surface area contributed by atoms with Crippen LogP contribution in [0.4, 0.5) is 0 Å². The van der Waals surface area contributed by atoms with Crippen LogP contribution in [0.2, 0.25) is 0 Å². The molecule has 0 fully saturated rings. The average molecular weight is 886 g/mol. The normalized spacial score (nSPS) is 11.7. The van der Waals surface area contributed by atoms with Crippen LogP contribution < -0.4 is 0 Å². The molecule has 0 amide bonds. The lowest BCUT2D eigenvalue weighted by Gasteiger charge is -2.05. The van der Waals surface area contributed by atoms with Crippen molar-refractivity contribution in [1.82, 2.24) is 0 Å². The minimum Gasteiger partial charge on any atom is -0.0654 e. The van der Waals surface area contributed by atoms with Gasteiger partial charge in [0, 0.05) is 0 Å². The molecule has 0 spiro atoms. The Kier molecular flexibility index (Phi) is 62.0. The predicted molar refractivity (Wildman–Crippen MR) is 293 cm³/mol. The first-order valence-electron chi connectivity index (χ1n) is 31.4. The molecule has 0 N–H and O–H groups in total. The largest absolute Gasteiger partial charge is 0.0654 e. The van der Waals surface area contributed by atoms with E-state index in [-0.39, 0.29) is 0 Å². The Labute approximate surface area is 403 Å². The van der Waals surface area contributed by atoms with E-state index in [4.69, 9.17) is 0 Å². The SMILES string of the molecule is CCCCCCCCCCCCCCCCCCCCCCCCCCCCCCCCCCCCCCCCCCCCCCCCCCCCCCCCCCCCCCC. The van der Waals surface area contributed by atoms with Gasteiger partial charge in [-0.1, -0.05) is 406 Å². The van der Waals surface area contributed by atoms with Crippen LogP contribution in [0, 0.1) is 0 Å². The van der Waals surface area contributed by atoms with E-state index in [2.05, 4.69) is 13.8 Å². The van der Waals surface area contributed by atoms with Gasteiger partial charge >= 0.3 is 0 Å². The average Bonchev–Trinajstić information content (AvgIpc) is 3.29. The zero-order chi connectivity index (χ0) is 45.1. The van der Waals surface area contributed by atoms with Crippen LogP contribution >= 0.6 is 0 Å².